The smallest absolute Gasteiger partial charge is 0.223 e. The summed E-state index contributed by atoms with van der Waals surface area (Å²) in [5, 5.41) is 15.6. The van der Waals surface area contributed by atoms with Gasteiger partial charge in [0.05, 0.1) is 0 Å². The van der Waals surface area contributed by atoms with Crippen LogP contribution in [0.4, 0.5) is 5.82 Å². The van der Waals surface area contributed by atoms with Crippen LogP contribution in [0.3, 0.4) is 0 Å². The molecule has 0 radical (unpaired) electrons. The van der Waals surface area contributed by atoms with E-state index in [-0.39, 0.29) is 5.91 Å². The van der Waals surface area contributed by atoms with Gasteiger partial charge >= 0.3 is 0 Å². The maximum Gasteiger partial charge on any atom is 0.223 e. The molecular weight excluding hydrogens is 268 g/mol. The van der Waals surface area contributed by atoms with E-state index in [1.165, 1.54) is 0 Å². The Morgan fingerprint density at radius 3 is 2.90 bits per heavy atom. The summed E-state index contributed by atoms with van der Waals surface area (Å²) in [7, 11) is 0. The van der Waals surface area contributed by atoms with Crippen LogP contribution in [0.15, 0.2) is 12.1 Å². The molecule has 1 saturated carbocycles. The van der Waals surface area contributed by atoms with Gasteiger partial charge in [-0.05, 0) is 31.9 Å². The third-order valence-electron chi connectivity index (χ3n) is 4.20. The van der Waals surface area contributed by atoms with E-state index in [9.17, 15) is 4.79 Å². The highest BCUT2D eigenvalue weighted by Crippen LogP contribution is 2.29. The van der Waals surface area contributed by atoms with Crippen LogP contribution >= 0.6 is 0 Å². The fraction of sp³-hybridized carbons (Fsp3) is 0.571. The first kappa shape index (κ1) is 12.6. The monoisotopic (exact) mass is 286 g/mol. The lowest BCUT2D eigenvalue weighted by Gasteiger charge is -2.40. The van der Waals surface area contributed by atoms with Crippen LogP contribution in [0.25, 0.3) is 5.65 Å². The Morgan fingerprint density at radius 1 is 1.33 bits per heavy atom. The third-order valence-corrected chi connectivity index (χ3v) is 4.20. The second kappa shape index (κ2) is 4.68. The van der Waals surface area contributed by atoms with Crippen LogP contribution in [0.2, 0.25) is 0 Å². The summed E-state index contributed by atoms with van der Waals surface area (Å²) < 4.78 is 1.76. The molecule has 1 N–H and O–H groups in total. The molecule has 0 spiro atoms. The number of hydrogen-bond donors (Lipinski definition) is 1. The molecule has 1 aliphatic carbocycles. The summed E-state index contributed by atoms with van der Waals surface area (Å²) in [6.45, 7) is 4.54. The number of fused-ring (bicyclic) bond motifs is 1. The van der Waals surface area contributed by atoms with Gasteiger partial charge in [-0.3, -0.25) is 4.79 Å². The Kier molecular flexibility index (Phi) is 2.80. The zero-order chi connectivity index (χ0) is 14.4. The number of hydrogen-bond acceptors (Lipinski definition) is 5. The Labute approximate surface area is 122 Å². The van der Waals surface area contributed by atoms with Gasteiger partial charge in [0.1, 0.15) is 5.82 Å². The van der Waals surface area contributed by atoms with Crippen molar-refractivity contribution in [2.75, 3.05) is 24.5 Å². The lowest BCUT2D eigenvalue weighted by atomic mass is 10.0. The molecule has 0 unspecified atom stereocenters. The molecule has 21 heavy (non-hydrogen) atoms. The van der Waals surface area contributed by atoms with E-state index >= 15 is 0 Å². The van der Waals surface area contributed by atoms with Gasteiger partial charge in [-0.25, -0.2) is 0 Å². The van der Waals surface area contributed by atoms with Crippen molar-refractivity contribution in [1.29, 1.82) is 0 Å². The number of nitrogens with zero attached hydrogens (tertiary/aromatic N) is 5. The molecule has 2 fully saturated rings. The van der Waals surface area contributed by atoms with Gasteiger partial charge in [-0.1, -0.05) is 0 Å². The summed E-state index contributed by atoms with van der Waals surface area (Å²) in [5.74, 6) is 2.78. The molecule has 0 atom stereocenters. The number of amides is 1. The number of nitrogens with one attached hydrogen (secondary N) is 1. The Hall–Kier alpha value is -2.18. The predicted molar refractivity (Wildman–Crippen MR) is 77.0 cm³/mol. The van der Waals surface area contributed by atoms with E-state index in [1.54, 1.807) is 4.52 Å². The number of carbonyl (C=O) groups is 1. The van der Waals surface area contributed by atoms with Crippen LogP contribution < -0.4 is 10.2 Å². The first-order valence-electron chi connectivity index (χ1n) is 7.42. The van der Waals surface area contributed by atoms with E-state index in [0.717, 1.165) is 49.8 Å². The van der Waals surface area contributed by atoms with E-state index in [1.807, 2.05) is 19.1 Å². The van der Waals surface area contributed by atoms with Gasteiger partial charge < -0.3 is 10.2 Å². The summed E-state index contributed by atoms with van der Waals surface area (Å²) in [4.78, 5) is 13.8. The minimum atomic E-state index is 0.230. The maximum absolute atomic E-state index is 11.6. The number of carbonyl (C=O) groups excluding carboxylic acids is 1. The van der Waals surface area contributed by atoms with Crippen molar-refractivity contribution in [3.8, 4) is 0 Å². The fourth-order valence-corrected chi connectivity index (χ4v) is 2.68. The van der Waals surface area contributed by atoms with Crippen LogP contribution in [0.1, 0.15) is 18.7 Å². The van der Waals surface area contributed by atoms with E-state index in [4.69, 9.17) is 0 Å². The van der Waals surface area contributed by atoms with Crippen LogP contribution in [-0.2, 0) is 4.79 Å². The zero-order valence-corrected chi connectivity index (χ0v) is 12.0. The molecule has 2 aromatic rings. The van der Waals surface area contributed by atoms with Crippen molar-refractivity contribution in [3.63, 3.8) is 0 Å². The topological polar surface area (TPSA) is 75.4 Å². The van der Waals surface area contributed by atoms with E-state index in [0.29, 0.717) is 11.8 Å². The maximum atomic E-state index is 11.6. The molecule has 2 aliphatic rings. The third kappa shape index (κ3) is 2.32. The van der Waals surface area contributed by atoms with Crippen molar-refractivity contribution in [2.24, 2.45) is 11.8 Å². The Bertz CT molecular complexity index is 686. The van der Waals surface area contributed by atoms with Gasteiger partial charge in [0.2, 0.25) is 5.91 Å². The highest BCUT2D eigenvalue weighted by Gasteiger charge is 2.32. The highest BCUT2D eigenvalue weighted by atomic mass is 16.2. The highest BCUT2D eigenvalue weighted by molar-refractivity contribution is 5.80. The van der Waals surface area contributed by atoms with Gasteiger partial charge in [0, 0.05) is 31.5 Å². The molecule has 1 saturated heterocycles. The summed E-state index contributed by atoms with van der Waals surface area (Å²) in [6, 6.07) is 3.91. The predicted octanol–water partition coefficient (Wildman–Crippen LogP) is 0.395. The molecule has 7 nitrogen and oxygen atoms in total. The largest absolute Gasteiger partial charge is 0.355 e. The van der Waals surface area contributed by atoms with Crippen LogP contribution in [0, 0.1) is 18.8 Å². The van der Waals surface area contributed by atoms with Gasteiger partial charge in [0.25, 0.3) is 0 Å². The molecule has 1 amide bonds. The first-order valence-corrected chi connectivity index (χ1v) is 7.42. The number of rotatable bonds is 4. The molecule has 110 valence electrons. The normalized spacial score (nSPS) is 18.8. The van der Waals surface area contributed by atoms with Crippen LogP contribution in [-0.4, -0.2) is 45.4 Å². The second-order valence-corrected chi connectivity index (χ2v) is 6.00. The van der Waals surface area contributed by atoms with Gasteiger partial charge in [-0.15, -0.1) is 15.3 Å². The van der Waals surface area contributed by atoms with Crippen molar-refractivity contribution in [3.05, 3.63) is 18.0 Å². The molecular formula is C14H18N6O. The van der Waals surface area contributed by atoms with Gasteiger partial charge in [-0.2, -0.15) is 4.52 Å². The van der Waals surface area contributed by atoms with Crippen molar-refractivity contribution < 1.29 is 4.79 Å². The minimum absolute atomic E-state index is 0.230. The SMILES string of the molecule is Cc1nnc2ccc(N3CC(CNC(=O)C4CC4)C3)nn12. The second-order valence-electron chi connectivity index (χ2n) is 6.00. The molecule has 3 heterocycles. The molecule has 4 rings (SSSR count). The molecule has 2 aromatic heterocycles. The quantitative estimate of drug-likeness (QED) is 0.880. The number of anilines is 1. The zero-order valence-electron chi connectivity index (χ0n) is 12.0. The lowest BCUT2D eigenvalue weighted by molar-refractivity contribution is -0.122. The van der Waals surface area contributed by atoms with Crippen LogP contribution in [0.5, 0.6) is 0 Å². The molecule has 1 aliphatic heterocycles. The first-order chi connectivity index (χ1) is 10.2. The lowest BCUT2D eigenvalue weighted by Crippen LogP contribution is -2.52. The number of aryl methyl sites for hydroxylation is 1. The van der Waals surface area contributed by atoms with Crippen molar-refractivity contribution in [2.45, 2.75) is 19.8 Å². The average Bonchev–Trinajstić information content (AvgIpc) is 3.22. The molecule has 7 heteroatoms. The average molecular weight is 286 g/mol. The fourth-order valence-electron chi connectivity index (χ4n) is 2.68. The van der Waals surface area contributed by atoms with Gasteiger partial charge in [0.15, 0.2) is 11.5 Å². The Morgan fingerprint density at radius 2 is 2.14 bits per heavy atom. The summed E-state index contributed by atoms with van der Waals surface area (Å²) in [6.07, 6.45) is 2.12. The summed E-state index contributed by atoms with van der Waals surface area (Å²) in [5.41, 5.74) is 0.769. The molecule has 0 aromatic carbocycles. The number of aromatic nitrogens is 4. The summed E-state index contributed by atoms with van der Waals surface area (Å²) >= 11 is 0. The van der Waals surface area contributed by atoms with Crippen molar-refractivity contribution >= 4 is 17.4 Å². The standard InChI is InChI=1S/C14H18N6O/c1-9-16-17-12-4-5-13(18-20(9)12)19-7-10(8-19)6-15-14(21)11-2-3-11/h4-5,10-11H,2-3,6-8H2,1H3,(H,15,21). The van der Waals surface area contributed by atoms with E-state index < -0.39 is 0 Å². The minimum Gasteiger partial charge on any atom is -0.355 e. The molecule has 0 bridgehead atoms. The van der Waals surface area contributed by atoms with E-state index in [2.05, 4.69) is 25.5 Å². The van der Waals surface area contributed by atoms with Crippen molar-refractivity contribution in [1.82, 2.24) is 25.1 Å². The Balaban J connectivity index is 1.35.